The maximum Gasteiger partial charge on any atom is 0.361 e. The fourth-order valence-corrected chi connectivity index (χ4v) is 3.54. The molecule has 0 aliphatic rings. The summed E-state index contributed by atoms with van der Waals surface area (Å²) < 4.78 is 11.4. The summed E-state index contributed by atoms with van der Waals surface area (Å²) in [5.41, 5.74) is 2.18. The summed E-state index contributed by atoms with van der Waals surface area (Å²) in [4.78, 5) is 0. The smallest absolute Gasteiger partial charge is 0.361 e. The Morgan fingerprint density at radius 2 is 1.60 bits per heavy atom. The van der Waals surface area contributed by atoms with Crippen LogP contribution in [0.3, 0.4) is 0 Å². The molecule has 0 aromatic carbocycles. The summed E-state index contributed by atoms with van der Waals surface area (Å²) >= 11 is 0. The minimum Gasteiger partial charge on any atom is -0.392 e. The van der Waals surface area contributed by atoms with Gasteiger partial charge in [0.1, 0.15) is 0 Å². The van der Waals surface area contributed by atoms with Crippen molar-refractivity contribution >= 4 is 8.56 Å². The topological polar surface area (TPSA) is 18.5 Å². The molecule has 0 saturated carbocycles. The van der Waals surface area contributed by atoms with Crippen molar-refractivity contribution in [1.82, 2.24) is 0 Å². The average Bonchev–Trinajstić information content (AvgIpc) is 2.18. The van der Waals surface area contributed by atoms with E-state index >= 15 is 0 Å². The van der Waals surface area contributed by atoms with Crippen LogP contribution in [0.15, 0.2) is 11.8 Å². The zero-order chi connectivity index (χ0) is 11.6. The van der Waals surface area contributed by atoms with Crippen LogP contribution in [-0.2, 0) is 8.85 Å². The summed E-state index contributed by atoms with van der Waals surface area (Å²) in [7, 11) is -1.99. The summed E-state index contributed by atoms with van der Waals surface area (Å²) in [6.07, 6.45) is 7.24. The van der Waals surface area contributed by atoms with Crippen molar-refractivity contribution in [3.05, 3.63) is 11.8 Å². The second kappa shape index (κ2) is 9.13. The van der Waals surface area contributed by atoms with Gasteiger partial charge in [0.2, 0.25) is 0 Å². The molecule has 3 heteroatoms. The van der Waals surface area contributed by atoms with E-state index in [0.29, 0.717) is 0 Å². The Bertz CT molecular complexity index is 163. The van der Waals surface area contributed by atoms with Gasteiger partial charge in [-0.2, -0.15) is 0 Å². The summed E-state index contributed by atoms with van der Waals surface area (Å²) in [5, 5.41) is 0. The van der Waals surface area contributed by atoms with Gasteiger partial charge < -0.3 is 8.85 Å². The molecule has 0 unspecified atom stereocenters. The predicted octanol–water partition coefficient (Wildman–Crippen LogP) is 3.81. The molecule has 0 fully saturated rings. The van der Waals surface area contributed by atoms with Crippen LogP contribution >= 0.6 is 0 Å². The van der Waals surface area contributed by atoms with Gasteiger partial charge in [0.05, 0.1) is 0 Å². The first-order valence-electron chi connectivity index (χ1n) is 6.14. The van der Waals surface area contributed by atoms with Crippen LogP contribution in [0.25, 0.3) is 0 Å². The highest BCUT2D eigenvalue weighted by molar-refractivity contribution is 6.71. The Balaban J connectivity index is 3.92. The van der Waals surface area contributed by atoms with Crippen LogP contribution in [0, 0.1) is 0 Å². The molecule has 0 aliphatic heterocycles. The second-order valence-corrected chi connectivity index (χ2v) is 6.72. The van der Waals surface area contributed by atoms with Crippen molar-refractivity contribution < 1.29 is 8.85 Å². The fraction of sp³-hybridized carbons (Fsp3) is 0.833. The molecule has 0 amide bonds. The molecule has 0 aromatic heterocycles. The molecular weight excluding hydrogens is 204 g/mol. The Hall–Kier alpha value is -0.123. The third-order valence-corrected chi connectivity index (χ3v) is 4.82. The quantitative estimate of drug-likeness (QED) is 0.443. The number of unbranched alkanes of at least 4 members (excludes halogenated alkanes) is 3. The van der Waals surface area contributed by atoms with Gasteiger partial charge in [0, 0.05) is 13.2 Å². The van der Waals surface area contributed by atoms with Crippen molar-refractivity contribution in [2.75, 3.05) is 13.2 Å². The molecule has 0 aromatic rings. The van der Waals surface area contributed by atoms with Gasteiger partial charge in [0.15, 0.2) is 0 Å². The van der Waals surface area contributed by atoms with E-state index in [1.807, 2.05) is 13.8 Å². The molecular formula is C12H26O2Si. The number of rotatable bonds is 9. The van der Waals surface area contributed by atoms with E-state index in [1.54, 1.807) is 0 Å². The highest BCUT2D eigenvalue weighted by atomic mass is 28.4. The molecule has 15 heavy (non-hydrogen) atoms. The third-order valence-electron chi connectivity index (χ3n) is 2.26. The molecule has 0 radical (unpaired) electrons. The molecule has 0 N–H and O–H groups in total. The molecule has 2 nitrogen and oxygen atoms in total. The SMILES string of the molecule is CCCCCC=C[Si](C)(OCC)OCC. The van der Waals surface area contributed by atoms with Crippen LogP contribution in [0.4, 0.5) is 0 Å². The molecule has 0 heterocycles. The lowest BCUT2D eigenvalue weighted by Crippen LogP contribution is -2.36. The van der Waals surface area contributed by atoms with Gasteiger partial charge in [-0.05, 0) is 38.9 Å². The first-order valence-corrected chi connectivity index (χ1v) is 8.53. The normalized spacial score (nSPS) is 12.5. The molecule has 0 aliphatic carbocycles. The minimum atomic E-state index is -1.99. The van der Waals surface area contributed by atoms with Gasteiger partial charge in [-0.25, -0.2) is 0 Å². The van der Waals surface area contributed by atoms with Crippen molar-refractivity contribution in [3.63, 3.8) is 0 Å². The maximum atomic E-state index is 5.71. The zero-order valence-corrected chi connectivity index (χ0v) is 11.7. The lowest BCUT2D eigenvalue weighted by molar-refractivity contribution is 0.201. The van der Waals surface area contributed by atoms with E-state index in [9.17, 15) is 0 Å². The van der Waals surface area contributed by atoms with E-state index in [0.717, 1.165) is 19.6 Å². The Morgan fingerprint density at radius 3 is 2.07 bits per heavy atom. The molecule has 90 valence electrons. The van der Waals surface area contributed by atoms with Crippen molar-refractivity contribution in [1.29, 1.82) is 0 Å². The van der Waals surface area contributed by atoms with E-state index in [-0.39, 0.29) is 0 Å². The van der Waals surface area contributed by atoms with Crippen LogP contribution in [0.1, 0.15) is 46.5 Å². The summed E-state index contributed by atoms with van der Waals surface area (Å²) in [5.74, 6) is 0. The van der Waals surface area contributed by atoms with E-state index in [2.05, 4.69) is 25.2 Å². The average molecular weight is 230 g/mol. The Labute approximate surface area is 95.9 Å². The molecule has 0 atom stereocenters. The van der Waals surface area contributed by atoms with Gasteiger partial charge in [0.25, 0.3) is 0 Å². The number of hydrogen-bond donors (Lipinski definition) is 0. The highest BCUT2D eigenvalue weighted by Crippen LogP contribution is 2.10. The van der Waals surface area contributed by atoms with Crippen molar-refractivity contribution in [2.45, 2.75) is 53.0 Å². The van der Waals surface area contributed by atoms with Crippen LogP contribution in [0.5, 0.6) is 0 Å². The monoisotopic (exact) mass is 230 g/mol. The van der Waals surface area contributed by atoms with E-state index in [4.69, 9.17) is 8.85 Å². The first-order chi connectivity index (χ1) is 7.18. The van der Waals surface area contributed by atoms with Crippen LogP contribution in [0.2, 0.25) is 6.55 Å². The number of allylic oxidation sites excluding steroid dienone is 1. The van der Waals surface area contributed by atoms with Gasteiger partial charge in [-0.1, -0.05) is 25.8 Å². The Kier molecular flexibility index (Phi) is 9.05. The lowest BCUT2D eigenvalue weighted by Gasteiger charge is -2.22. The summed E-state index contributed by atoms with van der Waals surface area (Å²) in [6, 6.07) is 0. The van der Waals surface area contributed by atoms with Gasteiger partial charge >= 0.3 is 8.56 Å². The fourth-order valence-electron chi connectivity index (χ4n) is 1.52. The molecule has 0 bridgehead atoms. The van der Waals surface area contributed by atoms with Crippen LogP contribution in [-0.4, -0.2) is 21.8 Å². The highest BCUT2D eigenvalue weighted by Gasteiger charge is 2.26. The minimum absolute atomic E-state index is 0.738. The largest absolute Gasteiger partial charge is 0.392 e. The van der Waals surface area contributed by atoms with E-state index in [1.165, 1.54) is 19.3 Å². The molecule has 0 spiro atoms. The van der Waals surface area contributed by atoms with Crippen molar-refractivity contribution in [3.8, 4) is 0 Å². The van der Waals surface area contributed by atoms with Crippen molar-refractivity contribution in [2.24, 2.45) is 0 Å². The van der Waals surface area contributed by atoms with Gasteiger partial charge in [-0.3, -0.25) is 0 Å². The molecule has 0 rings (SSSR count). The Morgan fingerprint density at radius 1 is 1.00 bits per heavy atom. The zero-order valence-electron chi connectivity index (χ0n) is 10.7. The van der Waals surface area contributed by atoms with E-state index < -0.39 is 8.56 Å². The summed E-state index contributed by atoms with van der Waals surface area (Å²) in [6.45, 7) is 9.85. The first kappa shape index (κ1) is 14.9. The maximum absolute atomic E-state index is 5.71. The molecule has 0 saturated heterocycles. The third kappa shape index (κ3) is 7.77. The van der Waals surface area contributed by atoms with Crippen LogP contribution < -0.4 is 0 Å². The van der Waals surface area contributed by atoms with Gasteiger partial charge in [-0.15, -0.1) is 0 Å². The predicted molar refractivity (Wildman–Crippen MR) is 68.2 cm³/mol. The number of hydrogen-bond acceptors (Lipinski definition) is 2. The standard InChI is InChI=1S/C12H26O2Si/c1-5-8-9-10-11-12-15(4,13-6-2)14-7-3/h11-12H,5-10H2,1-4H3. The second-order valence-electron chi connectivity index (χ2n) is 3.78. The lowest BCUT2D eigenvalue weighted by atomic mass is 10.2.